The summed E-state index contributed by atoms with van der Waals surface area (Å²) in [5.41, 5.74) is 2.68. The van der Waals surface area contributed by atoms with E-state index in [2.05, 4.69) is 57.2 Å². The van der Waals surface area contributed by atoms with E-state index in [1.807, 2.05) is 0 Å². The van der Waals surface area contributed by atoms with Gasteiger partial charge in [-0.15, -0.1) is 0 Å². The molecule has 0 aliphatic carbocycles. The van der Waals surface area contributed by atoms with Gasteiger partial charge in [0.2, 0.25) is 0 Å². The highest BCUT2D eigenvalue weighted by atomic mass is 16.3. The third kappa shape index (κ3) is 5.50. The molecule has 0 aromatic heterocycles. The lowest BCUT2D eigenvalue weighted by molar-refractivity contribution is 0.228. The molecule has 100 valence electrons. The van der Waals surface area contributed by atoms with E-state index in [1.54, 1.807) is 0 Å². The molecule has 0 aliphatic rings. The van der Waals surface area contributed by atoms with Gasteiger partial charge in [-0.25, -0.2) is 0 Å². The summed E-state index contributed by atoms with van der Waals surface area (Å²) < 4.78 is 0. The van der Waals surface area contributed by atoms with Crippen LogP contribution in [0.1, 0.15) is 57.1 Å². The van der Waals surface area contributed by atoms with E-state index in [0.717, 1.165) is 19.3 Å². The molecule has 0 unspecified atom stereocenters. The van der Waals surface area contributed by atoms with Crippen molar-refractivity contribution in [2.75, 3.05) is 6.61 Å². The van der Waals surface area contributed by atoms with Crippen molar-refractivity contribution in [3.63, 3.8) is 0 Å². The first-order valence-electron chi connectivity index (χ1n) is 7.01. The fourth-order valence-corrected chi connectivity index (χ4v) is 1.92. The Labute approximate surface area is 112 Å². The summed E-state index contributed by atoms with van der Waals surface area (Å²) in [6.45, 7) is 6.84. The molecule has 1 heteroatoms. The smallest absolute Gasteiger partial charge is 0.0456 e. The molecule has 1 atom stereocenters. The van der Waals surface area contributed by atoms with Crippen LogP contribution in [0.4, 0.5) is 0 Å². The van der Waals surface area contributed by atoms with Gasteiger partial charge < -0.3 is 5.11 Å². The van der Waals surface area contributed by atoms with Crippen LogP contribution >= 0.6 is 0 Å². The first-order chi connectivity index (χ1) is 8.63. The van der Waals surface area contributed by atoms with Gasteiger partial charge in [0.1, 0.15) is 0 Å². The molecule has 0 saturated carbocycles. The van der Waals surface area contributed by atoms with E-state index in [9.17, 15) is 0 Å². The van der Waals surface area contributed by atoms with E-state index >= 15 is 0 Å². The molecule has 1 aromatic rings. The minimum absolute atomic E-state index is 0.306. The summed E-state index contributed by atoms with van der Waals surface area (Å²) in [5.74, 6) is 1.02. The van der Waals surface area contributed by atoms with Crippen LogP contribution in [0.15, 0.2) is 30.3 Å². The lowest BCUT2D eigenvalue weighted by Crippen LogP contribution is -1.99. The summed E-state index contributed by atoms with van der Waals surface area (Å²) in [4.78, 5) is 0. The zero-order chi connectivity index (χ0) is 13.4. The topological polar surface area (TPSA) is 20.2 Å². The van der Waals surface area contributed by atoms with E-state index < -0.39 is 0 Å². The van der Waals surface area contributed by atoms with Crippen LogP contribution in [0.3, 0.4) is 0 Å². The molecular weight excluding hydrogens is 220 g/mol. The number of rotatable bonds is 7. The minimum Gasteiger partial charge on any atom is -0.396 e. The first-order valence-corrected chi connectivity index (χ1v) is 7.01. The van der Waals surface area contributed by atoms with Crippen LogP contribution in [0.25, 0.3) is 6.08 Å². The van der Waals surface area contributed by atoms with Gasteiger partial charge in [-0.3, -0.25) is 0 Å². The van der Waals surface area contributed by atoms with Crippen molar-refractivity contribution >= 4 is 6.08 Å². The van der Waals surface area contributed by atoms with Gasteiger partial charge in [0.05, 0.1) is 0 Å². The molecule has 0 amide bonds. The summed E-state index contributed by atoms with van der Waals surface area (Å²) in [6, 6.07) is 8.73. The number of hydrogen-bond acceptors (Lipinski definition) is 1. The summed E-state index contributed by atoms with van der Waals surface area (Å²) in [5, 5.41) is 8.93. The lowest BCUT2D eigenvalue weighted by atomic mass is 10.0. The third-order valence-corrected chi connectivity index (χ3v) is 3.27. The highest BCUT2D eigenvalue weighted by Gasteiger charge is 1.99. The van der Waals surface area contributed by atoms with Gasteiger partial charge >= 0.3 is 0 Å². The van der Waals surface area contributed by atoms with E-state index in [0.29, 0.717) is 18.4 Å². The maximum atomic E-state index is 8.93. The van der Waals surface area contributed by atoms with Crippen LogP contribution in [-0.4, -0.2) is 11.7 Å². The zero-order valence-corrected chi connectivity index (χ0v) is 11.9. The van der Waals surface area contributed by atoms with Crippen molar-refractivity contribution in [2.24, 2.45) is 5.92 Å². The number of aliphatic hydroxyl groups is 1. The van der Waals surface area contributed by atoms with Gasteiger partial charge in [-0.1, -0.05) is 57.2 Å². The number of hydrogen-bond donors (Lipinski definition) is 1. The Kier molecular flexibility index (Phi) is 6.74. The van der Waals surface area contributed by atoms with Crippen LogP contribution in [0.2, 0.25) is 0 Å². The van der Waals surface area contributed by atoms with Crippen molar-refractivity contribution in [3.8, 4) is 0 Å². The van der Waals surface area contributed by atoms with Crippen molar-refractivity contribution in [3.05, 3.63) is 41.5 Å². The second-order valence-electron chi connectivity index (χ2n) is 5.45. The fourth-order valence-electron chi connectivity index (χ4n) is 1.92. The van der Waals surface area contributed by atoms with Crippen molar-refractivity contribution < 1.29 is 5.11 Å². The number of aliphatic hydroxyl groups excluding tert-OH is 1. The minimum atomic E-state index is 0.306. The van der Waals surface area contributed by atoms with Gasteiger partial charge in [-0.05, 0) is 42.2 Å². The molecule has 0 saturated heterocycles. The van der Waals surface area contributed by atoms with Gasteiger partial charge in [0.15, 0.2) is 0 Å². The van der Waals surface area contributed by atoms with Crippen molar-refractivity contribution in [2.45, 2.75) is 46.0 Å². The molecule has 1 aromatic carbocycles. The average molecular weight is 246 g/mol. The van der Waals surface area contributed by atoms with E-state index in [1.165, 1.54) is 11.1 Å². The Bertz CT molecular complexity index is 366. The number of allylic oxidation sites excluding steroid dienone is 1. The Hall–Kier alpha value is -1.08. The monoisotopic (exact) mass is 246 g/mol. The first kappa shape index (κ1) is 15.0. The van der Waals surface area contributed by atoms with Gasteiger partial charge in [0, 0.05) is 6.61 Å². The average Bonchev–Trinajstić information content (AvgIpc) is 2.38. The molecule has 1 rings (SSSR count). The molecule has 0 fully saturated rings. The van der Waals surface area contributed by atoms with Crippen molar-refractivity contribution in [1.82, 2.24) is 0 Å². The molecule has 0 bridgehead atoms. The maximum absolute atomic E-state index is 8.93. The Morgan fingerprint density at radius 1 is 1.22 bits per heavy atom. The SMILES string of the molecule is CC(C)c1cccc(/C=C/CCC[C@H](C)CO)c1. The summed E-state index contributed by atoms with van der Waals surface area (Å²) >= 11 is 0. The van der Waals surface area contributed by atoms with Gasteiger partial charge in [0.25, 0.3) is 0 Å². The number of unbranched alkanes of at least 4 members (excludes halogenated alkanes) is 1. The maximum Gasteiger partial charge on any atom is 0.0456 e. The predicted octanol–water partition coefficient (Wildman–Crippen LogP) is 4.62. The molecule has 0 aliphatic heterocycles. The summed E-state index contributed by atoms with van der Waals surface area (Å²) in [6.07, 6.45) is 7.80. The van der Waals surface area contributed by atoms with Crippen LogP contribution < -0.4 is 0 Å². The molecule has 18 heavy (non-hydrogen) atoms. The predicted molar refractivity (Wildman–Crippen MR) is 79.7 cm³/mol. The van der Waals surface area contributed by atoms with E-state index in [4.69, 9.17) is 5.11 Å². The standard InChI is InChI=1S/C17H26O/c1-14(2)17-11-7-10-16(12-17)9-6-4-5-8-15(3)13-18/h6-7,9-12,14-15,18H,4-5,8,13H2,1-3H3/b9-6+/t15-/m0/s1. The Morgan fingerprint density at radius 2 is 2.00 bits per heavy atom. The van der Waals surface area contributed by atoms with Crippen LogP contribution in [-0.2, 0) is 0 Å². The van der Waals surface area contributed by atoms with Crippen molar-refractivity contribution in [1.29, 1.82) is 0 Å². The Balaban J connectivity index is 2.40. The zero-order valence-electron chi connectivity index (χ0n) is 11.9. The molecule has 1 nitrogen and oxygen atoms in total. The third-order valence-electron chi connectivity index (χ3n) is 3.27. The quantitative estimate of drug-likeness (QED) is 0.696. The highest BCUT2D eigenvalue weighted by molar-refractivity contribution is 5.50. The molecule has 1 N–H and O–H groups in total. The van der Waals surface area contributed by atoms with Gasteiger partial charge in [-0.2, -0.15) is 0 Å². The highest BCUT2D eigenvalue weighted by Crippen LogP contribution is 2.16. The summed E-state index contributed by atoms with van der Waals surface area (Å²) in [7, 11) is 0. The largest absolute Gasteiger partial charge is 0.396 e. The molecular formula is C17H26O. The molecule has 0 radical (unpaired) electrons. The number of benzene rings is 1. The second-order valence-corrected chi connectivity index (χ2v) is 5.45. The molecule has 0 spiro atoms. The van der Waals surface area contributed by atoms with E-state index in [-0.39, 0.29) is 0 Å². The normalized spacial score (nSPS) is 13.4. The Morgan fingerprint density at radius 3 is 2.67 bits per heavy atom. The molecule has 0 heterocycles. The second kappa shape index (κ2) is 8.10. The lowest BCUT2D eigenvalue weighted by Gasteiger charge is -2.06. The fraction of sp³-hybridized carbons (Fsp3) is 0.529. The van der Waals surface area contributed by atoms with Crippen LogP contribution in [0, 0.1) is 5.92 Å². The van der Waals surface area contributed by atoms with Crippen LogP contribution in [0.5, 0.6) is 0 Å².